The first-order valence-corrected chi connectivity index (χ1v) is 8.60. The van der Waals surface area contributed by atoms with Gasteiger partial charge in [0.25, 0.3) is 0 Å². The minimum absolute atomic E-state index is 0.0139. The van der Waals surface area contributed by atoms with E-state index in [4.69, 9.17) is 0 Å². The summed E-state index contributed by atoms with van der Waals surface area (Å²) in [7, 11) is 1.62. The highest BCUT2D eigenvalue weighted by Crippen LogP contribution is 2.18. The van der Waals surface area contributed by atoms with Crippen LogP contribution in [0.15, 0.2) is 35.7 Å². The predicted molar refractivity (Wildman–Crippen MR) is 100 cm³/mol. The van der Waals surface area contributed by atoms with Gasteiger partial charge in [0.05, 0.1) is 6.54 Å². The molecule has 0 aliphatic carbocycles. The van der Waals surface area contributed by atoms with Crippen LogP contribution in [0.1, 0.15) is 21.6 Å². The highest BCUT2D eigenvalue weighted by Gasteiger charge is 2.12. The van der Waals surface area contributed by atoms with Crippen molar-refractivity contribution in [2.24, 2.45) is 0 Å². The van der Waals surface area contributed by atoms with Crippen LogP contribution in [0.3, 0.4) is 0 Å². The summed E-state index contributed by atoms with van der Waals surface area (Å²) >= 11 is 1.59. The molecule has 0 spiro atoms. The molecule has 0 bridgehead atoms. The molecular formula is C19H22N2O2S. The van der Waals surface area contributed by atoms with Gasteiger partial charge in [-0.1, -0.05) is 12.1 Å². The summed E-state index contributed by atoms with van der Waals surface area (Å²) in [5.74, 6) is -0.404. The zero-order chi connectivity index (χ0) is 17.7. The van der Waals surface area contributed by atoms with Crippen LogP contribution in [0.5, 0.6) is 0 Å². The van der Waals surface area contributed by atoms with Gasteiger partial charge in [0.15, 0.2) is 0 Å². The number of hydrogen-bond donors (Lipinski definition) is 1. The fourth-order valence-corrected chi connectivity index (χ4v) is 3.02. The molecule has 0 saturated carbocycles. The highest BCUT2D eigenvalue weighted by atomic mass is 32.1. The molecule has 0 aliphatic rings. The number of thiophene rings is 1. The van der Waals surface area contributed by atoms with Crippen molar-refractivity contribution in [3.63, 3.8) is 0 Å². The first-order valence-electron chi connectivity index (χ1n) is 7.72. The lowest BCUT2D eigenvalue weighted by Gasteiger charge is -2.16. The van der Waals surface area contributed by atoms with Gasteiger partial charge in [-0.05, 0) is 61.1 Å². The third-order valence-electron chi connectivity index (χ3n) is 3.91. The third-order valence-corrected chi connectivity index (χ3v) is 4.90. The molecule has 0 radical (unpaired) electrons. The fraction of sp³-hybridized carbons (Fsp3) is 0.263. The van der Waals surface area contributed by atoms with E-state index in [1.807, 2.05) is 50.4 Å². The van der Waals surface area contributed by atoms with Crippen molar-refractivity contribution in [2.45, 2.75) is 20.8 Å². The predicted octanol–water partition coefficient (Wildman–Crippen LogP) is 3.78. The second kappa shape index (κ2) is 7.93. The van der Waals surface area contributed by atoms with E-state index in [-0.39, 0.29) is 18.4 Å². The zero-order valence-corrected chi connectivity index (χ0v) is 15.2. The van der Waals surface area contributed by atoms with E-state index in [0.717, 1.165) is 27.3 Å². The molecule has 0 saturated heterocycles. The van der Waals surface area contributed by atoms with Gasteiger partial charge in [0, 0.05) is 23.7 Å². The Morgan fingerprint density at radius 1 is 1.17 bits per heavy atom. The van der Waals surface area contributed by atoms with Crippen LogP contribution < -0.4 is 5.32 Å². The molecule has 0 atom stereocenters. The summed E-state index contributed by atoms with van der Waals surface area (Å²) < 4.78 is 0. The van der Waals surface area contributed by atoms with Crippen LogP contribution in [0.4, 0.5) is 5.69 Å². The summed E-state index contributed by atoms with van der Waals surface area (Å²) in [6.45, 7) is 5.98. The minimum Gasteiger partial charge on any atom is -0.333 e. The van der Waals surface area contributed by atoms with E-state index >= 15 is 0 Å². The van der Waals surface area contributed by atoms with Gasteiger partial charge in [0.2, 0.25) is 11.8 Å². The van der Waals surface area contributed by atoms with Crippen molar-refractivity contribution in [1.82, 2.24) is 4.90 Å². The quantitative estimate of drug-likeness (QED) is 0.841. The van der Waals surface area contributed by atoms with E-state index in [9.17, 15) is 9.59 Å². The maximum Gasteiger partial charge on any atom is 0.246 e. The van der Waals surface area contributed by atoms with Gasteiger partial charge < -0.3 is 10.2 Å². The maximum absolute atomic E-state index is 12.2. The number of carbonyl (C=O) groups is 2. The Hall–Kier alpha value is -2.40. The Labute approximate surface area is 146 Å². The van der Waals surface area contributed by atoms with Crippen LogP contribution in [0.25, 0.3) is 6.08 Å². The second-order valence-corrected chi connectivity index (χ2v) is 6.74. The number of aryl methyl sites for hydroxylation is 2. The number of likely N-dealkylation sites (N-methyl/N-ethyl adjacent to an activating group) is 1. The van der Waals surface area contributed by atoms with E-state index in [2.05, 4.69) is 5.32 Å². The smallest absolute Gasteiger partial charge is 0.246 e. The zero-order valence-electron chi connectivity index (χ0n) is 14.4. The number of anilines is 1. The Morgan fingerprint density at radius 2 is 1.92 bits per heavy atom. The number of rotatable bonds is 5. The minimum atomic E-state index is -0.208. The average molecular weight is 342 g/mol. The second-order valence-electron chi connectivity index (χ2n) is 5.79. The maximum atomic E-state index is 12.2. The number of amides is 2. The third kappa shape index (κ3) is 4.55. The summed E-state index contributed by atoms with van der Waals surface area (Å²) in [4.78, 5) is 26.7. The normalized spacial score (nSPS) is 10.8. The van der Waals surface area contributed by atoms with Crippen LogP contribution in [-0.4, -0.2) is 30.3 Å². The van der Waals surface area contributed by atoms with Gasteiger partial charge in [-0.3, -0.25) is 9.59 Å². The number of hydrogen-bond acceptors (Lipinski definition) is 3. The van der Waals surface area contributed by atoms with Crippen molar-refractivity contribution >= 4 is 34.9 Å². The number of benzene rings is 1. The Morgan fingerprint density at radius 3 is 2.58 bits per heavy atom. The largest absolute Gasteiger partial charge is 0.333 e. The van der Waals surface area contributed by atoms with Crippen LogP contribution >= 0.6 is 11.3 Å². The topological polar surface area (TPSA) is 49.4 Å². The highest BCUT2D eigenvalue weighted by molar-refractivity contribution is 7.11. The van der Waals surface area contributed by atoms with Crippen molar-refractivity contribution in [3.8, 4) is 0 Å². The van der Waals surface area contributed by atoms with Crippen LogP contribution in [0.2, 0.25) is 0 Å². The molecule has 24 heavy (non-hydrogen) atoms. The van der Waals surface area contributed by atoms with E-state index in [1.165, 1.54) is 11.0 Å². The van der Waals surface area contributed by atoms with E-state index < -0.39 is 0 Å². The lowest BCUT2D eigenvalue weighted by molar-refractivity contribution is -0.129. The first-order chi connectivity index (χ1) is 11.4. The van der Waals surface area contributed by atoms with Crippen LogP contribution in [-0.2, 0) is 9.59 Å². The molecule has 4 nitrogen and oxygen atoms in total. The average Bonchev–Trinajstić information content (AvgIpc) is 2.94. The fourth-order valence-electron chi connectivity index (χ4n) is 2.20. The van der Waals surface area contributed by atoms with E-state index in [0.29, 0.717) is 0 Å². The Bertz CT molecular complexity index is 777. The molecule has 2 aromatic rings. The monoisotopic (exact) mass is 342 g/mol. The standard InChI is InChI=1S/C19H22N2O2S/c1-13-6-5-7-16(15(13)3)20-18(22)12-21(4)19(23)9-8-17-14(2)10-11-24-17/h5-11H,12H2,1-4H3,(H,20,22)/b9-8+. The number of nitrogens with zero attached hydrogens (tertiary/aromatic N) is 1. The lowest BCUT2D eigenvalue weighted by atomic mass is 10.1. The Balaban J connectivity index is 1.93. The van der Waals surface area contributed by atoms with Gasteiger partial charge in [0.1, 0.15) is 0 Å². The van der Waals surface area contributed by atoms with E-state index in [1.54, 1.807) is 24.5 Å². The summed E-state index contributed by atoms with van der Waals surface area (Å²) in [6.07, 6.45) is 3.30. The summed E-state index contributed by atoms with van der Waals surface area (Å²) in [5, 5.41) is 4.85. The number of nitrogens with one attached hydrogen (secondary N) is 1. The molecule has 1 aromatic heterocycles. The molecule has 2 amide bonds. The van der Waals surface area contributed by atoms with Crippen molar-refractivity contribution < 1.29 is 9.59 Å². The Kier molecular flexibility index (Phi) is 5.93. The molecule has 0 unspecified atom stereocenters. The number of carbonyl (C=O) groups excluding carboxylic acids is 2. The van der Waals surface area contributed by atoms with Crippen molar-refractivity contribution in [3.05, 3.63) is 57.3 Å². The molecule has 126 valence electrons. The van der Waals surface area contributed by atoms with Gasteiger partial charge >= 0.3 is 0 Å². The van der Waals surface area contributed by atoms with Crippen molar-refractivity contribution in [2.75, 3.05) is 18.9 Å². The molecule has 2 rings (SSSR count). The summed E-state index contributed by atoms with van der Waals surface area (Å²) in [6, 6.07) is 7.77. The van der Waals surface area contributed by atoms with Crippen LogP contribution in [0, 0.1) is 20.8 Å². The van der Waals surface area contributed by atoms with Crippen molar-refractivity contribution in [1.29, 1.82) is 0 Å². The lowest BCUT2D eigenvalue weighted by Crippen LogP contribution is -2.34. The molecule has 5 heteroatoms. The summed E-state index contributed by atoms with van der Waals surface area (Å²) in [5.41, 5.74) is 4.07. The molecule has 1 heterocycles. The molecule has 1 N–H and O–H groups in total. The molecule has 0 aliphatic heterocycles. The van der Waals surface area contributed by atoms with Gasteiger partial charge in [-0.25, -0.2) is 0 Å². The molecular weight excluding hydrogens is 320 g/mol. The SMILES string of the molecule is Cc1ccsc1/C=C/C(=O)N(C)CC(=O)Nc1cccc(C)c1C. The molecule has 1 aromatic carbocycles. The van der Waals surface area contributed by atoms with Gasteiger partial charge in [-0.15, -0.1) is 11.3 Å². The first kappa shape index (κ1) is 17.9. The van der Waals surface area contributed by atoms with Gasteiger partial charge in [-0.2, -0.15) is 0 Å². The molecule has 0 fully saturated rings.